The number of fused-ring (bicyclic) bond motifs is 1. The van der Waals surface area contributed by atoms with Gasteiger partial charge < -0.3 is 4.90 Å². The van der Waals surface area contributed by atoms with Gasteiger partial charge in [-0.15, -0.1) is 14.8 Å². The van der Waals surface area contributed by atoms with Gasteiger partial charge in [0.1, 0.15) is 0 Å². The Morgan fingerprint density at radius 3 is 2.57 bits per heavy atom. The van der Waals surface area contributed by atoms with Crippen molar-refractivity contribution in [2.24, 2.45) is 0 Å². The van der Waals surface area contributed by atoms with Crippen LogP contribution in [0.3, 0.4) is 0 Å². The number of hydrogen-bond acceptors (Lipinski definition) is 5. The first kappa shape index (κ1) is 13.5. The van der Waals surface area contributed by atoms with Gasteiger partial charge >= 0.3 is 0 Å². The summed E-state index contributed by atoms with van der Waals surface area (Å²) in [4.78, 5) is 2.07. The number of nitrogens with zero attached hydrogens (tertiary/aromatic N) is 6. The highest BCUT2D eigenvalue weighted by Crippen LogP contribution is 2.17. The topological polar surface area (TPSA) is 59.2 Å². The number of aromatic nitrogens is 5. The lowest BCUT2D eigenvalue weighted by Crippen LogP contribution is -2.18. The van der Waals surface area contributed by atoms with Crippen LogP contribution in [0, 0.1) is 0 Å². The molecule has 0 saturated heterocycles. The van der Waals surface area contributed by atoms with Gasteiger partial charge in [0.2, 0.25) is 0 Å². The molecule has 0 saturated carbocycles. The van der Waals surface area contributed by atoms with Crippen LogP contribution in [0.1, 0.15) is 30.9 Å². The molecule has 0 unspecified atom stereocenters. The van der Waals surface area contributed by atoms with E-state index in [-0.39, 0.29) is 0 Å². The van der Waals surface area contributed by atoms with Crippen molar-refractivity contribution in [3.05, 3.63) is 47.5 Å². The lowest BCUT2D eigenvalue weighted by molar-refractivity contribution is 0.720. The number of benzene rings is 1. The molecule has 0 radical (unpaired) electrons. The van der Waals surface area contributed by atoms with Crippen LogP contribution in [-0.4, -0.2) is 32.3 Å². The van der Waals surface area contributed by atoms with Crippen LogP contribution in [0.2, 0.25) is 0 Å². The Morgan fingerprint density at radius 2 is 1.86 bits per heavy atom. The molecule has 2 aromatic heterocycles. The van der Waals surface area contributed by atoms with Gasteiger partial charge in [-0.3, -0.25) is 0 Å². The lowest BCUT2D eigenvalue weighted by Gasteiger charge is -2.18. The summed E-state index contributed by atoms with van der Waals surface area (Å²) in [5.41, 5.74) is 3.25. The number of rotatable bonds is 4. The number of tetrazole rings is 1. The van der Waals surface area contributed by atoms with E-state index in [9.17, 15) is 0 Å². The highest BCUT2D eigenvalue weighted by molar-refractivity contribution is 5.44. The summed E-state index contributed by atoms with van der Waals surface area (Å²) in [5.74, 6) is 1.39. The smallest absolute Gasteiger partial charge is 0.200 e. The lowest BCUT2D eigenvalue weighted by atomic mass is 10.0. The predicted molar refractivity (Wildman–Crippen MR) is 81.2 cm³/mol. The van der Waals surface area contributed by atoms with Gasteiger partial charge in [-0.2, -0.15) is 0 Å². The van der Waals surface area contributed by atoms with E-state index >= 15 is 0 Å². The minimum atomic E-state index is 0.556. The molecule has 0 atom stereocenters. The Bertz CT molecular complexity index is 731. The second kappa shape index (κ2) is 5.47. The van der Waals surface area contributed by atoms with Crippen molar-refractivity contribution in [3.63, 3.8) is 0 Å². The molecule has 21 heavy (non-hydrogen) atoms. The second-order valence-corrected chi connectivity index (χ2v) is 5.47. The fraction of sp³-hybridized carbons (Fsp3) is 0.333. The zero-order valence-electron chi connectivity index (χ0n) is 12.4. The SMILES string of the molecule is CC(C)c1ccc(CN(C)c2ccc3nnnn3n2)cc1. The second-order valence-electron chi connectivity index (χ2n) is 5.47. The van der Waals surface area contributed by atoms with Gasteiger partial charge in [0, 0.05) is 13.6 Å². The molecule has 0 bridgehead atoms. The monoisotopic (exact) mass is 282 g/mol. The van der Waals surface area contributed by atoms with Crippen molar-refractivity contribution in [2.45, 2.75) is 26.3 Å². The molecule has 6 heteroatoms. The highest BCUT2D eigenvalue weighted by atomic mass is 15.6. The van der Waals surface area contributed by atoms with E-state index in [2.05, 4.69) is 63.6 Å². The Hall–Kier alpha value is -2.50. The van der Waals surface area contributed by atoms with Crippen molar-refractivity contribution in [1.82, 2.24) is 25.3 Å². The van der Waals surface area contributed by atoms with Gasteiger partial charge in [-0.1, -0.05) is 38.1 Å². The van der Waals surface area contributed by atoms with Crippen LogP contribution in [0.25, 0.3) is 5.65 Å². The van der Waals surface area contributed by atoms with E-state index < -0.39 is 0 Å². The highest BCUT2D eigenvalue weighted by Gasteiger charge is 2.07. The summed E-state index contributed by atoms with van der Waals surface area (Å²) >= 11 is 0. The molecule has 2 heterocycles. The van der Waals surface area contributed by atoms with E-state index in [4.69, 9.17) is 0 Å². The van der Waals surface area contributed by atoms with Crippen molar-refractivity contribution in [1.29, 1.82) is 0 Å². The zero-order valence-corrected chi connectivity index (χ0v) is 12.4. The Morgan fingerprint density at radius 1 is 1.10 bits per heavy atom. The summed E-state index contributed by atoms with van der Waals surface area (Å²) in [7, 11) is 2.01. The molecule has 0 aliphatic carbocycles. The van der Waals surface area contributed by atoms with E-state index in [1.54, 1.807) is 0 Å². The number of hydrogen-bond donors (Lipinski definition) is 0. The van der Waals surface area contributed by atoms with Crippen LogP contribution in [0.15, 0.2) is 36.4 Å². The maximum atomic E-state index is 4.38. The summed E-state index contributed by atoms with van der Waals surface area (Å²) in [6, 6.07) is 12.5. The van der Waals surface area contributed by atoms with E-state index in [1.807, 2.05) is 19.2 Å². The Kier molecular flexibility index (Phi) is 3.51. The van der Waals surface area contributed by atoms with Crippen LogP contribution < -0.4 is 4.90 Å². The molecule has 0 N–H and O–H groups in total. The Labute approximate surface area is 123 Å². The van der Waals surface area contributed by atoms with Crippen molar-refractivity contribution >= 4 is 11.5 Å². The summed E-state index contributed by atoms with van der Waals surface area (Å²) in [6.07, 6.45) is 0. The predicted octanol–water partition coefficient (Wildman–Crippen LogP) is 2.28. The molecule has 1 aromatic carbocycles. The molecule has 0 amide bonds. The summed E-state index contributed by atoms with van der Waals surface area (Å²) < 4.78 is 1.44. The first-order chi connectivity index (χ1) is 10.1. The quantitative estimate of drug-likeness (QED) is 0.734. The molecular weight excluding hydrogens is 264 g/mol. The minimum absolute atomic E-state index is 0.556. The average molecular weight is 282 g/mol. The minimum Gasteiger partial charge on any atom is -0.354 e. The van der Waals surface area contributed by atoms with Gasteiger partial charge in [-0.05, 0) is 39.6 Å². The van der Waals surface area contributed by atoms with Gasteiger partial charge in [-0.25, -0.2) is 0 Å². The number of anilines is 1. The fourth-order valence-corrected chi connectivity index (χ4v) is 2.21. The third-order valence-electron chi connectivity index (χ3n) is 3.51. The van der Waals surface area contributed by atoms with Gasteiger partial charge in [0.05, 0.1) is 0 Å². The first-order valence-corrected chi connectivity index (χ1v) is 6.99. The third kappa shape index (κ3) is 2.84. The summed E-state index contributed by atoms with van der Waals surface area (Å²) in [5, 5.41) is 15.6. The zero-order chi connectivity index (χ0) is 14.8. The first-order valence-electron chi connectivity index (χ1n) is 6.99. The van der Waals surface area contributed by atoms with Crippen LogP contribution in [0.5, 0.6) is 0 Å². The normalized spacial score (nSPS) is 11.2. The van der Waals surface area contributed by atoms with E-state index in [0.29, 0.717) is 11.6 Å². The van der Waals surface area contributed by atoms with Crippen molar-refractivity contribution < 1.29 is 0 Å². The molecule has 3 rings (SSSR count). The molecule has 0 spiro atoms. The molecule has 6 nitrogen and oxygen atoms in total. The van der Waals surface area contributed by atoms with Gasteiger partial charge in [0.15, 0.2) is 11.5 Å². The third-order valence-corrected chi connectivity index (χ3v) is 3.51. The molecule has 0 aliphatic rings. The van der Waals surface area contributed by atoms with Crippen molar-refractivity contribution in [3.8, 4) is 0 Å². The van der Waals surface area contributed by atoms with E-state index in [1.165, 1.54) is 15.8 Å². The average Bonchev–Trinajstić information content (AvgIpc) is 2.95. The molecule has 0 fully saturated rings. The van der Waals surface area contributed by atoms with Crippen LogP contribution in [0.4, 0.5) is 5.82 Å². The van der Waals surface area contributed by atoms with Crippen LogP contribution >= 0.6 is 0 Å². The Balaban J connectivity index is 1.77. The standard InChI is InChI=1S/C15H18N6/c1-11(2)13-6-4-12(5-7-13)10-20(3)15-9-8-14-16-18-19-21(14)17-15/h4-9,11H,10H2,1-3H3. The molecule has 108 valence electrons. The van der Waals surface area contributed by atoms with Gasteiger partial charge in [0.25, 0.3) is 0 Å². The molecule has 3 aromatic rings. The maximum absolute atomic E-state index is 4.38. The van der Waals surface area contributed by atoms with E-state index in [0.717, 1.165) is 12.4 Å². The largest absolute Gasteiger partial charge is 0.354 e. The molecular formula is C15H18N6. The molecule has 0 aliphatic heterocycles. The maximum Gasteiger partial charge on any atom is 0.200 e. The summed E-state index contributed by atoms with van der Waals surface area (Å²) in [6.45, 7) is 5.19. The van der Waals surface area contributed by atoms with Crippen molar-refractivity contribution in [2.75, 3.05) is 11.9 Å². The van der Waals surface area contributed by atoms with Crippen LogP contribution in [-0.2, 0) is 6.54 Å². The fourth-order valence-electron chi connectivity index (χ4n) is 2.21.